The van der Waals surface area contributed by atoms with Gasteiger partial charge >= 0.3 is 5.97 Å². The van der Waals surface area contributed by atoms with E-state index >= 15 is 0 Å². The molecule has 0 fully saturated rings. The zero-order chi connectivity index (χ0) is 13.5. The molecule has 0 heterocycles. The Balaban J connectivity index is 2.62. The Morgan fingerprint density at radius 2 is 1.94 bits per heavy atom. The first-order chi connectivity index (χ1) is 8.54. The number of nitrogens with two attached hydrogens (primary N) is 1. The van der Waals surface area contributed by atoms with Crippen LogP contribution in [-0.4, -0.2) is 41.0 Å². The quantitative estimate of drug-likeness (QED) is 0.769. The SMILES string of the molecule is CCN(CC(=O)O)C(=O)C(N)Cc1ccccc1. The Kier molecular flexibility index (Phi) is 5.32. The number of rotatable bonds is 6. The van der Waals surface area contributed by atoms with Crippen LogP contribution in [0, 0.1) is 0 Å². The second-order valence-electron chi connectivity index (χ2n) is 4.04. The number of benzene rings is 1. The third-order valence-electron chi connectivity index (χ3n) is 2.64. The highest BCUT2D eigenvalue weighted by Crippen LogP contribution is 2.04. The van der Waals surface area contributed by atoms with Gasteiger partial charge in [-0.2, -0.15) is 0 Å². The van der Waals surface area contributed by atoms with E-state index in [1.165, 1.54) is 4.90 Å². The normalized spacial score (nSPS) is 11.9. The minimum absolute atomic E-state index is 0.308. The van der Waals surface area contributed by atoms with Gasteiger partial charge in [-0.25, -0.2) is 0 Å². The van der Waals surface area contributed by atoms with Crippen LogP contribution in [-0.2, 0) is 16.0 Å². The summed E-state index contributed by atoms with van der Waals surface area (Å²) in [5, 5.41) is 8.70. The van der Waals surface area contributed by atoms with Crippen LogP contribution in [0.15, 0.2) is 30.3 Å². The monoisotopic (exact) mass is 250 g/mol. The lowest BCUT2D eigenvalue weighted by Crippen LogP contribution is -2.46. The van der Waals surface area contributed by atoms with Gasteiger partial charge in [0.2, 0.25) is 5.91 Å². The molecule has 1 aromatic rings. The van der Waals surface area contributed by atoms with Gasteiger partial charge in [0.15, 0.2) is 0 Å². The van der Waals surface area contributed by atoms with E-state index in [1.807, 2.05) is 30.3 Å². The molecule has 1 aromatic carbocycles. The second kappa shape index (κ2) is 6.76. The summed E-state index contributed by atoms with van der Waals surface area (Å²) in [6.45, 7) is 1.77. The number of likely N-dealkylation sites (N-methyl/N-ethyl adjacent to an activating group) is 1. The first-order valence-corrected chi connectivity index (χ1v) is 5.84. The number of nitrogens with zero attached hydrogens (tertiary/aromatic N) is 1. The molecule has 0 bridgehead atoms. The number of hydrogen-bond donors (Lipinski definition) is 2. The Morgan fingerprint density at radius 1 is 1.33 bits per heavy atom. The molecule has 1 atom stereocenters. The summed E-state index contributed by atoms with van der Waals surface area (Å²) in [5.74, 6) is -1.36. The van der Waals surface area contributed by atoms with E-state index in [2.05, 4.69) is 0 Å². The molecule has 0 aliphatic rings. The minimum atomic E-state index is -1.03. The topological polar surface area (TPSA) is 83.6 Å². The molecule has 0 aromatic heterocycles. The summed E-state index contributed by atoms with van der Waals surface area (Å²) >= 11 is 0. The van der Waals surface area contributed by atoms with Crippen molar-refractivity contribution in [1.82, 2.24) is 4.90 Å². The van der Waals surface area contributed by atoms with E-state index in [0.29, 0.717) is 13.0 Å². The van der Waals surface area contributed by atoms with Crippen LogP contribution in [0.1, 0.15) is 12.5 Å². The first kappa shape index (κ1) is 14.2. The predicted molar refractivity (Wildman–Crippen MR) is 68.0 cm³/mol. The summed E-state index contributed by atoms with van der Waals surface area (Å²) in [5.41, 5.74) is 6.78. The van der Waals surface area contributed by atoms with Crippen LogP contribution in [0.25, 0.3) is 0 Å². The molecule has 0 aliphatic carbocycles. The average Bonchev–Trinajstić information content (AvgIpc) is 2.36. The maximum absolute atomic E-state index is 12.0. The highest BCUT2D eigenvalue weighted by molar-refractivity contribution is 5.85. The summed E-state index contributed by atoms with van der Waals surface area (Å²) in [4.78, 5) is 23.8. The molecule has 1 unspecified atom stereocenters. The summed E-state index contributed by atoms with van der Waals surface area (Å²) < 4.78 is 0. The third kappa shape index (κ3) is 4.18. The fourth-order valence-electron chi connectivity index (χ4n) is 1.70. The molecule has 1 amide bonds. The van der Waals surface area contributed by atoms with E-state index in [9.17, 15) is 9.59 Å². The Labute approximate surface area is 106 Å². The van der Waals surface area contributed by atoms with Gasteiger partial charge in [-0.1, -0.05) is 30.3 Å². The average molecular weight is 250 g/mol. The zero-order valence-electron chi connectivity index (χ0n) is 10.4. The molecule has 0 saturated heterocycles. The molecule has 98 valence electrons. The molecular formula is C13H18N2O3. The third-order valence-corrected chi connectivity index (χ3v) is 2.64. The number of carboxylic acids is 1. The predicted octanol–water partition coefficient (Wildman–Crippen LogP) is 0.490. The Bertz CT molecular complexity index is 406. The number of carboxylic acid groups (broad SMARTS) is 1. The Morgan fingerprint density at radius 3 is 2.44 bits per heavy atom. The summed E-state index contributed by atoms with van der Waals surface area (Å²) in [6.07, 6.45) is 0.412. The van der Waals surface area contributed by atoms with Gasteiger partial charge in [0.05, 0.1) is 6.04 Å². The molecule has 3 N–H and O–H groups in total. The van der Waals surface area contributed by atoms with Crippen molar-refractivity contribution in [2.75, 3.05) is 13.1 Å². The molecule has 5 nitrogen and oxygen atoms in total. The number of carbonyl (C=O) groups excluding carboxylic acids is 1. The van der Waals surface area contributed by atoms with Crippen molar-refractivity contribution in [1.29, 1.82) is 0 Å². The van der Waals surface area contributed by atoms with Gasteiger partial charge in [-0.05, 0) is 18.9 Å². The summed E-state index contributed by atoms with van der Waals surface area (Å²) in [6, 6.07) is 8.72. The van der Waals surface area contributed by atoms with E-state index in [4.69, 9.17) is 10.8 Å². The van der Waals surface area contributed by atoms with Crippen LogP contribution in [0.4, 0.5) is 0 Å². The minimum Gasteiger partial charge on any atom is -0.480 e. The van der Waals surface area contributed by atoms with Gasteiger partial charge < -0.3 is 15.7 Å². The van der Waals surface area contributed by atoms with Crippen molar-refractivity contribution in [2.45, 2.75) is 19.4 Å². The first-order valence-electron chi connectivity index (χ1n) is 5.84. The zero-order valence-corrected chi connectivity index (χ0v) is 10.4. The highest BCUT2D eigenvalue weighted by Gasteiger charge is 2.21. The van der Waals surface area contributed by atoms with Crippen molar-refractivity contribution < 1.29 is 14.7 Å². The van der Waals surface area contributed by atoms with E-state index in [-0.39, 0.29) is 12.5 Å². The van der Waals surface area contributed by atoms with Crippen LogP contribution in [0.3, 0.4) is 0 Å². The fraction of sp³-hybridized carbons (Fsp3) is 0.385. The van der Waals surface area contributed by atoms with Crippen molar-refractivity contribution in [2.24, 2.45) is 5.73 Å². The number of hydrogen-bond acceptors (Lipinski definition) is 3. The Hall–Kier alpha value is -1.88. The maximum atomic E-state index is 12.0. The smallest absolute Gasteiger partial charge is 0.323 e. The number of amides is 1. The van der Waals surface area contributed by atoms with Crippen LogP contribution >= 0.6 is 0 Å². The standard InChI is InChI=1S/C13H18N2O3/c1-2-15(9-12(16)17)13(18)11(14)8-10-6-4-3-5-7-10/h3-7,11H,2,8-9,14H2,1H3,(H,16,17). The van der Waals surface area contributed by atoms with Crippen molar-refractivity contribution in [3.8, 4) is 0 Å². The molecule has 0 radical (unpaired) electrons. The van der Waals surface area contributed by atoms with Crippen LogP contribution < -0.4 is 5.73 Å². The molecule has 0 aliphatic heterocycles. The van der Waals surface area contributed by atoms with Gasteiger partial charge in [-0.3, -0.25) is 9.59 Å². The molecule has 1 rings (SSSR count). The molecular weight excluding hydrogens is 232 g/mol. The lowest BCUT2D eigenvalue weighted by Gasteiger charge is -2.22. The highest BCUT2D eigenvalue weighted by atomic mass is 16.4. The van der Waals surface area contributed by atoms with Gasteiger partial charge in [-0.15, -0.1) is 0 Å². The number of carbonyl (C=O) groups is 2. The van der Waals surface area contributed by atoms with E-state index in [0.717, 1.165) is 5.56 Å². The van der Waals surface area contributed by atoms with Crippen molar-refractivity contribution >= 4 is 11.9 Å². The lowest BCUT2D eigenvalue weighted by atomic mass is 10.1. The second-order valence-corrected chi connectivity index (χ2v) is 4.04. The molecule has 5 heteroatoms. The summed E-state index contributed by atoms with van der Waals surface area (Å²) in [7, 11) is 0. The van der Waals surface area contributed by atoms with E-state index < -0.39 is 12.0 Å². The fourth-order valence-corrected chi connectivity index (χ4v) is 1.70. The van der Waals surface area contributed by atoms with Gasteiger partial charge in [0, 0.05) is 6.54 Å². The van der Waals surface area contributed by atoms with Gasteiger partial charge in [0.25, 0.3) is 0 Å². The number of aliphatic carboxylic acids is 1. The molecule has 0 saturated carbocycles. The maximum Gasteiger partial charge on any atom is 0.323 e. The molecule has 18 heavy (non-hydrogen) atoms. The van der Waals surface area contributed by atoms with E-state index in [1.54, 1.807) is 6.92 Å². The largest absolute Gasteiger partial charge is 0.480 e. The molecule has 0 spiro atoms. The van der Waals surface area contributed by atoms with Crippen molar-refractivity contribution in [3.63, 3.8) is 0 Å². The van der Waals surface area contributed by atoms with Crippen LogP contribution in [0.2, 0.25) is 0 Å². The van der Waals surface area contributed by atoms with Gasteiger partial charge in [0.1, 0.15) is 6.54 Å². The lowest BCUT2D eigenvalue weighted by molar-refractivity contribution is -0.144. The van der Waals surface area contributed by atoms with Crippen molar-refractivity contribution in [3.05, 3.63) is 35.9 Å². The van der Waals surface area contributed by atoms with Crippen LogP contribution in [0.5, 0.6) is 0 Å².